The smallest absolute Gasteiger partial charge is 0.260 e. The van der Waals surface area contributed by atoms with Crippen molar-refractivity contribution in [2.75, 3.05) is 6.54 Å². The van der Waals surface area contributed by atoms with Gasteiger partial charge in [-0.2, -0.15) is 0 Å². The molecule has 0 saturated heterocycles. The summed E-state index contributed by atoms with van der Waals surface area (Å²) in [6.07, 6.45) is 0.0999. The highest BCUT2D eigenvalue weighted by Crippen LogP contribution is 2.23. The lowest BCUT2D eigenvalue weighted by atomic mass is 10.2. The van der Waals surface area contributed by atoms with Crippen LogP contribution >= 0.6 is 22.9 Å². The van der Waals surface area contributed by atoms with E-state index in [2.05, 4.69) is 10.3 Å². The highest BCUT2D eigenvalue weighted by molar-refractivity contribution is 7.13. The summed E-state index contributed by atoms with van der Waals surface area (Å²) < 4.78 is 5.69. The molecule has 0 saturated carbocycles. The molecule has 140 valence electrons. The van der Waals surface area contributed by atoms with Crippen LogP contribution in [0.3, 0.4) is 0 Å². The van der Waals surface area contributed by atoms with E-state index in [4.69, 9.17) is 16.3 Å². The second-order valence-electron chi connectivity index (χ2n) is 6.22. The van der Waals surface area contributed by atoms with Crippen LogP contribution in [0.1, 0.15) is 18.2 Å². The maximum Gasteiger partial charge on any atom is 0.260 e. The van der Waals surface area contributed by atoms with Gasteiger partial charge >= 0.3 is 0 Å². The molecule has 0 fully saturated rings. The maximum atomic E-state index is 12.2. The van der Waals surface area contributed by atoms with E-state index >= 15 is 0 Å². The van der Waals surface area contributed by atoms with Crippen LogP contribution in [0.5, 0.6) is 5.75 Å². The van der Waals surface area contributed by atoms with Crippen LogP contribution in [0, 0.1) is 6.92 Å². The normalized spacial score (nSPS) is 11.8. The van der Waals surface area contributed by atoms with Gasteiger partial charge in [-0.15, -0.1) is 11.3 Å². The lowest BCUT2D eigenvalue weighted by molar-refractivity contribution is -0.127. The van der Waals surface area contributed by atoms with E-state index in [0.29, 0.717) is 23.7 Å². The first-order chi connectivity index (χ1) is 13.0. The molecule has 1 N–H and O–H groups in total. The minimum Gasteiger partial charge on any atom is -0.481 e. The average molecular weight is 401 g/mol. The van der Waals surface area contributed by atoms with Crippen molar-refractivity contribution in [1.82, 2.24) is 10.3 Å². The summed E-state index contributed by atoms with van der Waals surface area (Å²) in [5.74, 6) is 0.479. The van der Waals surface area contributed by atoms with Crippen molar-refractivity contribution in [1.29, 1.82) is 0 Å². The Bertz CT molecular complexity index is 912. The van der Waals surface area contributed by atoms with Gasteiger partial charge < -0.3 is 10.1 Å². The first-order valence-corrected chi connectivity index (χ1v) is 9.99. The number of amides is 1. The third kappa shape index (κ3) is 5.31. The first-order valence-electron chi connectivity index (χ1n) is 8.73. The van der Waals surface area contributed by atoms with Crippen LogP contribution in [0.25, 0.3) is 10.6 Å². The van der Waals surface area contributed by atoms with E-state index in [9.17, 15) is 4.79 Å². The van der Waals surface area contributed by atoms with Gasteiger partial charge in [-0.3, -0.25) is 4.79 Å². The number of thiazole rings is 1. The van der Waals surface area contributed by atoms with Gasteiger partial charge in [0.15, 0.2) is 6.10 Å². The highest BCUT2D eigenvalue weighted by Gasteiger charge is 2.15. The second-order valence-corrected chi connectivity index (χ2v) is 7.49. The molecule has 1 amide bonds. The Morgan fingerprint density at radius 1 is 1.26 bits per heavy atom. The largest absolute Gasteiger partial charge is 0.481 e. The lowest BCUT2D eigenvalue weighted by Crippen LogP contribution is -2.37. The Morgan fingerprint density at radius 3 is 2.78 bits per heavy atom. The maximum absolute atomic E-state index is 12.2. The van der Waals surface area contributed by atoms with Gasteiger partial charge in [0.2, 0.25) is 0 Å². The number of hydrogen-bond donors (Lipinski definition) is 1. The Balaban J connectivity index is 1.47. The van der Waals surface area contributed by atoms with E-state index in [1.165, 1.54) is 0 Å². The van der Waals surface area contributed by atoms with Crippen molar-refractivity contribution in [3.63, 3.8) is 0 Å². The van der Waals surface area contributed by atoms with Crippen molar-refractivity contribution in [3.05, 3.63) is 70.2 Å². The van der Waals surface area contributed by atoms with Crippen molar-refractivity contribution in [2.24, 2.45) is 0 Å². The third-order valence-corrected chi connectivity index (χ3v) is 5.43. The standard InChI is InChI=1S/C21H21ClN2O2S/c1-14-12-18(8-9-19(14)22)26-15(2)20(25)23-11-10-17-13-27-21(24-17)16-6-4-3-5-7-16/h3-9,12-13,15H,10-11H2,1-2H3,(H,23,25). The molecule has 4 nitrogen and oxygen atoms in total. The number of aryl methyl sites for hydroxylation is 1. The number of halogens is 1. The molecule has 1 heterocycles. The van der Waals surface area contributed by atoms with Crippen LogP contribution in [-0.2, 0) is 11.2 Å². The van der Waals surface area contributed by atoms with Crippen molar-refractivity contribution in [2.45, 2.75) is 26.4 Å². The molecule has 0 radical (unpaired) electrons. The fourth-order valence-corrected chi connectivity index (χ4v) is 3.52. The summed E-state index contributed by atoms with van der Waals surface area (Å²) >= 11 is 7.62. The molecule has 3 rings (SSSR count). The molecule has 0 aliphatic rings. The van der Waals surface area contributed by atoms with Gasteiger partial charge in [0.05, 0.1) is 5.69 Å². The number of hydrogen-bond acceptors (Lipinski definition) is 4. The second kappa shape index (κ2) is 9.02. The van der Waals surface area contributed by atoms with Gasteiger partial charge in [-0.1, -0.05) is 41.9 Å². The predicted molar refractivity (Wildman–Crippen MR) is 111 cm³/mol. The van der Waals surface area contributed by atoms with Crippen LogP contribution in [0.4, 0.5) is 0 Å². The number of nitrogens with zero attached hydrogens (tertiary/aromatic N) is 1. The topological polar surface area (TPSA) is 51.2 Å². The van der Waals surface area contributed by atoms with Crippen LogP contribution < -0.4 is 10.1 Å². The van der Waals surface area contributed by atoms with E-state index in [-0.39, 0.29) is 5.91 Å². The summed E-state index contributed by atoms with van der Waals surface area (Å²) in [6.45, 7) is 4.15. The van der Waals surface area contributed by atoms with Crippen molar-refractivity contribution in [3.8, 4) is 16.3 Å². The molecule has 6 heteroatoms. The van der Waals surface area contributed by atoms with Crippen LogP contribution in [0.15, 0.2) is 53.9 Å². The SMILES string of the molecule is Cc1cc(OC(C)C(=O)NCCc2csc(-c3ccccc3)n2)ccc1Cl. The molecule has 1 atom stereocenters. The molecule has 3 aromatic rings. The third-order valence-electron chi connectivity index (χ3n) is 4.06. The van der Waals surface area contributed by atoms with Gasteiger partial charge in [0, 0.05) is 28.9 Å². The molecule has 1 unspecified atom stereocenters. The van der Waals surface area contributed by atoms with E-state index in [1.54, 1.807) is 30.4 Å². The molecule has 0 aliphatic heterocycles. The van der Waals surface area contributed by atoms with E-state index < -0.39 is 6.10 Å². The molecular weight excluding hydrogens is 380 g/mol. The van der Waals surface area contributed by atoms with Gasteiger partial charge in [-0.25, -0.2) is 4.98 Å². The molecule has 1 aromatic heterocycles. The quantitative estimate of drug-likeness (QED) is 0.613. The number of carbonyl (C=O) groups is 1. The minimum atomic E-state index is -0.583. The van der Waals surface area contributed by atoms with Crippen LogP contribution in [-0.4, -0.2) is 23.5 Å². The van der Waals surface area contributed by atoms with Crippen LogP contribution in [0.2, 0.25) is 5.02 Å². The minimum absolute atomic E-state index is 0.152. The van der Waals surface area contributed by atoms with Gasteiger partial charge in [-0.05, 0) is 37.6 Å². The number of carbonyl (C=O) groups excluding carboxylic acids is 1. The highest BCUT2D eigenvalue weighted by atomic mass is 35.5. The summed E-state index contributed by atoms with van der Waals surface area (Å²) in [7, 11) is 0. The summed E-state index contributed by atoms with van der Waals surface area (Å²) in [5, 5.41) is 6.60. The van der Waals surface area contributed by atoms with Crippen molar-refractivity contribution < 1.29 is 9.53 Å². The van der Waals surface area contributed by atoms with Crippen molar-refractivity contribution >= 4 is 28.8 Å². The summed E-state index contributed by atoms with van der Waals surface area (Å²) in [6, 6.07) is 15.4. The zero-order valence-corrected chi connectivity index (χ0v) is 16.8. The summed E-state index contributed by atoms with van der Waals surface area (Å²) in [5.41, 5.74) is 3.00. The Labute approximate surface area is 168 Å². The molecule has 0 spiro atoms. The van der Waals surface area contributed by atoms with Gasteiger partial charge in [0.1, 0.15) is 10.8 Å². The Hall–Kier alpha value is -2.37. The first kappa shape index (κ1) is 19.4. The fourth-order valence-electron chi connectivity index (χ4n) is 2.54. The monoisotopic (exact) mass is 400 g/mol. The number of ether oxygens (including phenoxy) is 1. The van der Waals surface area contributed by atoms with Gasteiger partial charge in [0.25, 0.3) is 5.91 Å². The number of nitrogens with one attached hydrogen (secondary N) is 1. The zero-order chi connectivity index (χ0) is 19.2. The molecule has 0 bridgehead atoms. The van der Waals surface area contributed by atoms with E-state index in [0.717, 1.165) is 21.8 Å². The molecule has 0 aliphatic carbocycles. The molecule has 2 aromatic carbocycles. The number of rotatable bonds is 7. The lowest BCUT2D eigenvalue weighted by Gasteiger charge is -2.15. The zero-order valence-electron chi connectivity index (χ0n) is 15.2. The summed E-state index contributed by atoms with van der Waals surface area (Å²) in [4.78, 5) is 16.9. The Kier molecular flexibility index (Phi) is 6.48. The Morgan fingerprint density at radius 2 is 2.04 bits per heavy atom. The predicted octanol–water partition coefficient (Wildman–Crippen LogP) is 4.90. The average Bonchev–Trinajstić information content (AvgIpc) is 3.14. The molecular formula is C21H21ClN2O2S. The fraction of sp³-hybridized carbons (Fsp3) is 0.238. The number of benzene rings is 2. The number of aromatic nitrogens is 1. The van der Waals surface area contributed by atoms with E-state index in [1.807, 2.05) is 48.7 Å². The molecule has 27 heavy (non-hydrogen) atoms.